The van der Waals surface area contributed by atoms with Crippen molar-refractivity contribution in [3.8, 4) is 6.07 Å². The molecule has 1 saturated heterocycles. The van der Waals surface area contributed by atoms with Crippen LogP contribution in [0.5, 0.6) is 0 Å². The van der Waals surface area contributed by atoms with Crippen molar-refractivity contribution in [3.63, 3.8) is 0 Å². The molecule has 2 aromatic carbocycles. The minimum atomic E-state index is -4.18. The van der Waals surface area contributed by atoms with Gasteiger partial charge in [-0.05, 0) is 60.7 Å². The number of anilines is 1. The number of hydrogen-bond acceptors (Lipinski definition) is 6. The van der Waals surface area contributed by atoms with Gasteiger partial charge in [-0.3, -0.25) is 9.59 Å². The smallest absolute Gasteiger partial charge is 0.252 e. The SMILES string of the molecule is N#Cc1ccc(N2C(=O)CC(N(Cc3ccco3)S(=O)(=O)c3ccc(Cl)cc3)C2=O)cc1. The summed E-state index contributed by atoms with van der Waals surface area (Å²) in [6.07, 6.45) is 1.07. The van der Waals surface area contributed by atoms with Crippen LogP contribution >= 0.6 is 11.6 Å². The van der Waals surface area contributed by atoms with Crippen LogP contribution in [-0.2, 0) is 26.2 Å². The Labute approximate surface area is 189 Å². The molecule has 3 aromatic rings. The van der Waals surface area contributed by atoms with Crippen molar-refractivity contribution in [3.05, 3.63) is 83.3 Å². The van der Waals surface area contributed by atoms with E-state index in [9.17, 15) is 18.0 Å². The van der Waals surface area contributed by atoms with Crippen LogP contribution < -0.4 is 4.90 Å². The molecule has 4 rings (SSSR count). The third kappa shape index (κ3) is 4.03. The van der Waals surface area contributed by atoms with E-state index in [0.29, 0.717) is 16.3 Å². The molecule has 1 aliphatic rings. The molecule has 1 aliphatic heterocycles. The van der Waals surface area contributed by atoms with Gasteiger partial charge in [0, 0.05) is 5.02 Å². The highest BCUT2D eigenvalue weighted by atomic mass is 35.5. The van der Waals surface area contributed by atoms with Gasteiger partial charge in [-0.2, -0.15) is 9.57 Å². The highest BCUT2D eigenvalue weighted by molar-refractivity contribution is 7.89. The van der Waals surface area contributed by atoms with Crippen molar-refractivity contribution in [2.45, 2.75) is 23.9 Å². The molecular weight excluding hydrogens is 454 g/mol. The number of furan rings is 1. The van der Waals surface area contributed by atoms with Crippen molar-refractivity contribution >= 4 is 39.1 Å². The molecule has 0 aliphatic carbocycles. The van der Waals surface area contributed by atoms with Gasteiger partial charge in [0.25, 0.3) is 5.91 Å². The van der Waals surface area contributed by atoms with E-state index in [0.717, 1.165) is 9.21 Å². The highest BCUT2D eigenvalue weighted by Gasteiger charge is 2.47. The molecule has 10 heteroatoms. The Morgan fingerprint density at radius 1 is 1.09 bits per heavy atom. The first-order chi connectivity index (χ1) is 15.3. The van der Waals surface area contributed by atoms with E-state index in [4.69, 9.17) is 21.3 Å². The monoisotopic (exact) mass is 469 g/mol. The number of nitriles is 1. The predicted molar refractivity (Wildman–Crippen MR) is 115 cm³/mol. The maximum absolute atomic E-state index is 13.5. The van der Waals surface area contributed by atoms with E-state index in [1.807, 2.05) is 6.07 Å². The van der Waals surface area contributed by atoms with Gasteiger partial charge in [0.15, 0.2) is 0 Å². The van der Waals surface area contributed by atoms with Crippen LogP contribution in [-0.4, -0.2) is 30.6 Å². The van der Waals surface area contributed by atoms with Crippen LogP contribution in [0, 0.1) is 11.3 Å². The van der Waals surface area contributed by atoms with E-state index in [1.165, 1.54) is 54.8 Å². The summed E-state index contributed by atoms with van der Waals surface area (Å²) in [5.41, 5.74) is 0.637. The quantitative estimate of drug-likeness (QED) is 0.512. The van der Waals surface area contributed by atoms with Gasteiger partial charge in [-0.15, -0.1) is 0 Å². The van der Waals surface area contributed by atoms with Gasteiger partial charge in [-0.25, -0.2) is 13.3 Å². The van der Waals surface area contributed by atoms with Crippen molar-refractivity contribution in [1.29, 1.82) is 5.26 Å². The average Bonchev–Trinajstić information content (AvgIpc) is 3.40. The maximum Gasteiger partial charge on any atom is 0.252 e. The third-order valence-corrected chi connectivity index (χ3v) is 7.16. The minimum Gasteiger partial charge on any atom is -0.468 e. The number of nitrogens with zero attached hydrogens (tertiary/aromatic N) is 3. The number of halogens is 1. The molecule has 32 heavy (non-hydrogen) atoms. The summed E-state index contributed by atoms with van der Waals surface area (Å²) in [6.45, 7) is -0.233. The Bertz CT molecular complexity index is 1300. The van der Waals surface area contributed by atoms with Gasteiger partial charge in [0.2, 0.25) is 15.9 Å². The number of carbonyl (C=O) groups is 2. The van der Waals surface area contributed by atoms with Gasteiger partial charge >= 0.3 is 0 Å². The molecule has 1 unspecified atom stereocenters. The fraction of sp³-hybridized carbons (Fsp3) is 0.136. The summed E-state index contributed by atoms with van der Waals surface area (Å²) < 4.78 is 33.2. The van der Waals surface area contributed by atoms with Gasteiger partial charge < -0.3 is 4.42 Å². The van der Waals surface area contributed by atoms with E-state index >= 15 is 0 Å². The molecule has 0 bridgehead atoms. The number of amides is 2. The van der Waals surface area contributed by atoms with Crippen LogP contribution in [0.1, 0.15) is 17.7 Å². The highest BCUT2D eigenvalue weighted by Crippen LogP contribution is 2.31. The summed E-state index contributed by atoms with van der Waals surface area (Å²) in [4.78, 5) is 26.9. The summed E-state index contributed by atoms with van der Waals surface area (Å²) in [5.74, 6) is -0.899. The van der Waals surface area contributed by atoms with Crippen molar-refractivity contribution < 1.29 is 22.4 Å². The fourth-order valence-corrected chi connectivity index (χ4v) is 5.13. The molecule has 0 radical (unpaired) electrons. The average molecular weight is 470 g/mol. The van der Waals surface area contributed by atoms with E-state index in [2.05, 4.69) is 0 Å². The van der Waals surface area contributed by atoms with Crippen LogP contribution in [0.15, 0.2) is 76.2 Å². The topological polar surface area (TPSA) is 112 Å². The third-order valence-electron chi connectivity index (χ3n) is 5.04. The van der Waals surface area contributed by atoms with E-state index in [1.54, 1.807) is 12.1 Å². The van der Waals surface area contributed by atoms with Crippen molar-refractivity contribution in [1.82, 2.24) is 4.31 Å². The Morgan fingerprint density at radius 3 is 2.38 bits per heavy atom. The molecule has 0 N–H and O–H groups in total. The lowest BCUT2D eigenvalue weighted by Crippen LogP contribution is -2.45. The van der Waals surface area contributed by atoms with Crippen molar-refractivity contribution in [2.75, 3.05) is 4.90 Å². The Hall–Kier alpha value is -3.45. The summed E-state index contributed by atoms with van der Waals surface area (Å²) in [6, 6.07) is 15.4. The number of carbonyl (C=O) groups excluding carboxylic acids is 2. The second kappa shape index (κ2) is 8.59. The largest absolute Gasteiger partial charge is 0.468 e. The number of hydrogen-bond donors (Lipinski definition) is 0. The summed E-state index contributed by atoms with van der Waals surface area (Å²) in [5, 5.41) is 9.32. The second-order valence-electron chi connectivity index (χ2n) is 7.03. The molecule has 1 fully saturated rings. The number of imide groups is 1. The molecule has 162 valence electrons. The lowest BCUT2D eigenvalue weighted by molar-refractivity contribution is -0.122. The predicted octanol–water partition coefficient (Wildman–Crippen LogP) is 3.33. The zero-order valence-electron chi connectivity index (χ0n) is 16.5. The lowest BCUT2D eigenvalue weighted by Gasteiger charge is -2.26. The lowest BCUT2D eigenvalue weighted by atomic mass is 10.2. The Balaban J connectivity index is 1.72. The molecule has 0 saturated carbocycles. The van der Waals surface area contributed by atoms with Crippen molar-refractivity contribution in [2.24, 2.45) is 0 Å². The summed E-state index contributed by atoms with van der Waals surface area (Å²) >= 11 is 5.89. The second-order valence-corrected chi connectivity index (χ2v) is 9.36. The molecular formula is C22H16ClN3O5S. The standard InChI is InChI=1S/C22H16ClN3O5S/c23-16-5-9-19(10-6-16)32(29,30)25(14-18-2-1-11-31-18)20-12-21(27)26(22(20)28)17-7-3-15(13-24)4-8-17/h1-11,20H,12,14H2. The zero-order valence-corrected chi connectivity index (χ0v) is 18.1. The zero-order chi connectivity index (χ0) is 22.9. The molecule has 8 nitrogen and oxygen atoms in total. The molecule has 0 spiro atoms. The number of rotatable bonds is 6. The molecule has 1 atom stereocenters. The fourth-order valence-electron chi connectivity index (χ4n) is 3.46. The molecule has 2 heterocycles. The van der Waals surface area contributed by atoms with E-state index in [-0.39, 0.29) is 23.5 Å². The first-order valence-corrected chi connectivity index (χ1v) is 11.3. The van der Waals surface area contributed by atoms with Crippen LogP contribution in [0.25, 0.3) is 0 Å². The summed E-state index contributed by atoms with van der Waals surface area (Å²) in [7, 11) is -4.18. The molecule has 2 amide bonds. The van der Waals surface area contributed by atoms with Crippen LogP contribution in [0.4, 0.5) is 5.69 Å². The number of benzene rings is 2. The molecule has 1 aromatic heterocycles. The normalized spacial score (nSPS) is 16.5. The van der Waals surface area contributed by atoms with Gasteiger partial charge in [0.1, 0.15) is 11.8 Å². The van der Waals surface area contributed by atoms with Gasteiger partial charge in [0.05, 0.1) is 41.4 Å². The van der Waals surface area contributed by atoms with Crippen LogP contribution in [0.3, 0.4) is 0 Å². The maximum atomic E-state index is 13.5. The van der Waals surface area contributed by atoms with E-state index < -0.39 is 27.9 Å². The first-order valence-electron chi connectivity index (χ1n) is 9.48. The minimum absolute atomic E-state index is 0.0643. The number of sulfonamides is 1. The van der Waals surface area contributed by atoms with Gasteiger partial charge in [-0.1, -0.05) is 11.6 Å². The Kier molecular flexibility index (Phi) is 5.84. The van der Waals surface area contributed by atoms with Crippen LogP contribution in [0.2, 0.25) is 5.02 Å². The Morgan fingerprint density at radius 2 is 1.78 bits per heavy atom. The first kappa shape index (κ1) is 21.8.